The molecule has 0 aliphatic rings. The van der Waals surface area contributed by atoms with Crippen LogP contribution < -0.4 is 10.6 Å². The number of nitrogens with one attached hydrogen (secondary N) is 2. The van der Waals surface area contributed by atoms with Crippen molar-refractivity contribution in [3.05, 3.63) is 0 Å². The predicted octanol–water partition coefficient (Wildman–Crippen LogP) is -0.793. The van der Waals surface area contributed by atoms with Crippen LogP contribution in [0.25, 0.3) is 0 Å². The quantitative estimate of drug-likeness (QED) is 0.308. The lowest BCUT2D eigenvalue weighted by Crippen LogP contribution is -2.28. The van der Waals surface area contributed by atoms with Gasteiger partial charge < -0.3 is 14.8 Å². The van der Waals surface area contributed by atoms with E-state index in [0.717, 1.165) is 0 Å². The van der Waals surface area contributed by atoms with Crippen molar-refractivity contribution in [1.82, 2.24) is 10.6 Å². The largest absolute Gasteiger partial charge is 0.340 e. The molecule has 0 saturated heterocycles. The van der Waals surface area contributed by atoms with Crippen molar-refractivity contribution in [2.75, 3.05) is 27.3 Å². The second-order valence-electron chi connectivity index (χ2n) is 2.65. The molecule has 0 unspecified atom stereocenters. The normalized spacial score (nSPS) is 9.86. The molecule has 0 aromatic carbocycles. The van der Waals surface area contributed by atoms with Crippen molar-refractivity contribution in [1.29, 1.82) is 0 Å². The molecule has 0 aliphatic carbocycles. The van der Waals surface area contributed by atoms with Gasteiger partial charge >= 0.3 is 0 Å². The fraction of sp³-hybridized carbons (Fsp3) is 0.750. The van der Waals surface area contributed by atoms with Crippen LogP contribution in [0.2, 0.25) is 0 Å². The van der Waals surface area contributed by atoms with Crippen LogP contribution in [0.5, 0.6) is 0 Å². The van der Waals surface area contributed by atoms with Gasteiger partial charge in [-0.1, -0.05) is 0 Å². The molecule has 82 valence electrons. The molecule has 0 bridgehead atoms. The van der Waals surface area contributed by atoms with E-state index in [1.807, 2.05) is 0 Å². The number of Topliss-reactive ketones (excluding diaryl/α,β-unsaturated/α-hetero) is 1. The second kappa shape index (κ2) is 8.61. The molecule has 0 saturated carbocycles. The Hall–Kier alpha value is -0.980. The third-order valence-electron chi connectivity index (χ3n) is 1.19. The van der Waals surface area contributed by atoms with Crippen molar-refractivity contribution < 1.29 is 19.1 Å². The maximum absolute atomic E-state index is 10.9. The fourth-order valence-electron chi connectivity index (χ4n) is 0.664. The van der Waals surface area contributed by atoms with Gasteiger partial charge in [0.1, 0.15) is 12.5 Å². The first-order chi connectivity index (χ1) is 6.66. The molecular formula is C8H16N2O4. The van der Waals surface area contributed by atoms with Crippen LogP contribution in [0.4, 0.5) is 0 Å². The first-order valence-corrected chi connectivity index (χ1v) is 4.23. The van der Waals surface area contributed by atoms with Gasteiger partial charge in [0.15, 0.2) is 6.79 Å². The minimum absolute atomic E-state index is 0.0514. The summed E-state index contributed by atoms with van der Waals surface area (Å²) in [5.41, 5.74) is 0. The lowest BCUT2D eigenvalue weighted by molar-refractivity contribution is -0.129. The maximum atomic E-state index is 10.9. The van der Waals surface area contributed by atoms with E-state index < -0.39 is 0 Å². The SMILES string of the molecule is CNCOCOCNC(=O)CC(C)=O. The number of rotatable bonds is 8. The van der Waals surface area contributed by atoms with E-state index in [1.54, 1.807) is 7.05 Å². The standard InChI is InChI=1S/C8H16N2O4/c1-7(11)3-8(12)10-5-14-6-13-4-9-2/h9H,3-6H2,1-2H3,(H,10,12). The number of ketones is 1. The summed E-state index contributed by atoms with van der Waals surface area (Å²) < 4.78 is 9.78. The van der Waals surface area contributed by atoms with Crippen molar-refractivity contribution in [2.45, 2.75) is 13.3 Å². The zero-order valence-corrected chi connectivity index (χ0v) is 8.46. The fourth-order valence-corrected chi connectivity index (χ4v) is 0.664. The van der Waals surface area contributed by atoms with Gasteiger partial charge in [-0.2, -0.15) is 0 Å². The summed E-state index contributed by atoms with van der Waals surface area (Å²) >= 11 is 0. The van der Waals surface area contributed by atoms with Crippen LogP contribution in [-0.2, 0) is 19.1 Å². The monoisotopic (exact) mass is 204 g/mol. The van der Waals surface area contributed by atoms with Crippen molar-refractivity contribution in [3.63, 3.8) is 0 Å². The lowest BCUT2D eigenvalue weighted by atomic mass is 10.3. The van der Waals surface area contributed by atoms with Gasteiger partial charge in [0.2, 0.25) is 5.91 Å². The van der Waals surface area contributed by atoms with Crippen molar-refractivity contribution >= 4 is 11.7 Å². The number of hydrogen-bond acceptors (Lipinski definition) is 5. The molecule has 0 fully saturated rings. The van der Waals surface area contributed by atoms with Gasteiger partial charge in [-0.25, -0.2) is 0 Å². The van der Waals surface area contributed by atoms with E-state index in [-0.39, 0.29) is 31.6 Å². The van der Waals surface area contributed by atoms with E-state index in [2.05, 4.69) is 10.6 Å². The molecule has 0 spiro atoms. The summed E-state index contributed by atoms with van der Waals surface area (Å²) in [6.45, 7) is 1.90. The molecule has 0 atom stereocenters. The third-order valence-corrected chi connectivity index (χ3v) is 1.19. The smallest absolute Gasteiger partial charge is 0.229 e. The average Bonchev–Trinajstić information content (AvgIpc) is 2.10. The van der Waals surface area contributed by atoms with Crippen LogP contribution >= 0.6 is 0 Å². The number of carbonyl (C=O) groups is 2. The summed E-state index contributed by atoms with van der Waals surface area (Å²) in [7, 11) is 1.74. The number of ether oxygens (including phenoxy) is 2. The first kappa shape index (κ1) is 13.0. The van der Waals surface area contributed by atoms with Gasteiger partial charge in [0.25, 0.3) is 0 Å². The predicted molar refractivity (Wildman–Crippen MR) is 49.3 cm³/mol. The molecule has 0 radical (unpaired) electrons. The van der Waals surface area contributed by atoms with Gasteiger partial charge in [0, 0.05) is 0 Å². The number of amides is 1. The van der Waals surface area contributed by atoms with Gasteiger partial charge in [-0.3, -0.25) is 14.9 Å². The minimum atomic E-state index is -0.342. The first-order valence-electron chi connectivity index (χ1n) is 4.23. The van der Waals surface area contributed by atoms with Gasteiger partial charge in [-0.15, -0.1) is 0 Å². The molecule has 0 aromatic rings. The molecule has 14 heavy (non-hydrogen) atoms. The number of carbonyl (C=O) groups excluding carboxylic acids is 2. The van der Waals surface area contributed by atoms with E-state index in [9.17, 15) is 9.59 Å². The Labute approximate surface area is 82.9 Å². The summed E-state index contributed by atoms with van der Waals surface area (Å²) in [6.07, 6.45) is -0.110. The molecule has 6 nitrogen and oxygen atoms in total. The second-order valence-corrected chi connectivity index (χ2v) is 2.65. The summed E-state index contributed by atoms with van der Waals surface area (Å²) in [4.78, 5) is 21.4. The highest BCUT2D eigenvalue weighted by Gasteiger charge is 2.02. The maximum Gasteiger partial charge on any atom is 0.229 e. The van der Waals surface area contributed by atoms with E-state index in [1.165, 1.54) is 6.92 Å². The summed E-state index contributed by atoms with van der Waals surface area (Å²) in [5, 5.41) is 5.17. The number of hydrogen-bond donors (Lipinski definition) is 2. The zero-order chi connectivity index (χ0) is 10.8. The molecule has 6 heteroatoms. The highest BCUT2D eigenvalue weighted by molar-refractivity contribution is 5.96. The van der Waals surface area contributed by atoms with Crippen molar-refractivity contribution in [3.8, 4) is 0 Å². The molecule has 2 N–H and O–H groups in total. The van der Waals surface area contributed by atoms with Gasteiger partial charge in [0.05, 0.1) is 13.2 Å². The molecule has 0 aromatic heterocycles. The lowest BCUT2D eigenvalue weighted by Gasteiger charge is -2.06. The molecule has 0 aliphatic heterocycles. The Morgan fingerprint density at radius 1 is 1.21 bits per heavy atom. The Balaban J connectivity index is 3.19. The Kier molecular flexibility index (Phi) is 8.01. The van der Waals surface area contributed by atoms with Crippen LogP contribution in [0.15, 0.2) is 0 Å². The van der Waals surface area contributed by atoms with Crippen LogP contribution in [0.1, 0.15) is 13.3 Å². The molecular weight excluding hydrogens is 188 g/mol. The Bertz CT molecular complexity index is 184. The zero-order valence-electron chi connectivity index (χ0n) is 8.46. The molecule has 0 rings (SSSR count). The molecule has 0 heterocycles. The van der Waals surface area contributed by atoms with Crippen LogP contribution in [0, 0.1) is 0 Å². The van der Waals surface area contributed by atoms with Gasteiger partial charge in [-0.05, 0) is 14.0 Å². The third kappa shape index (κ3) is 9.11. The summed E-state index contributed by atoms with van der Waals surface area (Å²) in [6, 6.07) is 0. The van der Waals surface area contributed by atoms with Crippen LogP contribution in [0.3, 0.4) is 0 Å². The van der Waals surface area contributed by atoms with E-state index in [0.29, 0.717) is 6.73 Å². The highest BCUT2D eigenvalue weighted by atomic mass is 16.7. The highest BCUT2D eigenvalue weighted by Crippen LogP contribution is 1.81. The molecule has 1 amide bonds. The minimum Gasteiger partial charge on any atom is -0.340 e. The Morgan fingerprint density at radius 2 is 1.86 bits per heavy atom. The summed E-state index contributed by atoms with van der Waals surface area (Å²) in [5.74, 6) is -0.514. The van der Waals surface area contributed by atoms with Crippen molar-refractivity contribution in [2.24, 2.45) is 0 Å². The topological polar surface area (TPSA) is 76.7 Å². The Morgan fingerprint density at radius 3 is 2.43 bits per heavy atom. The van der Waals surface area contributed by atoms with Crippen LogP contribution in [-0.4, -0.2) is 39.0 Å². The van der Waals surface area contributed by atoms with E-state index in [4.69, 9.17) is 9.47 Å². The van der Waals surface area contributed by atoms with E-state index >= 15 is 0 Å². The average molecular weight is 204 g/mol.